The van der Waals surface area contributed by atoms with Gasteiger partial charge in [-0.3, -0.25) is 14.2 Å². The summed E-state index contributed by atoms with van der Waals surface area (Å²) in [6, 6.07) is 22.7. The Morgan fingerprint density at radius 2 is 1.30 bits per heavy atom. The fourth-order valence-electron chi connectivity index (χ4n) is 4.13. The molecule has 5 aromatic rings. The van der Waals surface area contributed by atoms with Crippen LogP contribution in [-0.4, -0.2) is 29.9 Å². The summed E-state index contributed by atoms with van der Waals surface area (Å²) in [6.07, 6.45) is 0. The Balaban J connectivity index is 1.93. The Hall–Kier alpha value is -4.83. The zero-order chi connectivity index (χ0) is 26.3. The monoisotopic (exact) mass is 513 g/mol. The third kappa shape index (κ3) is 3.93. The smallest absolute Gasteiger partial charge is 0.341 e. The second-order valence-electron chi connectivity index (χ2n) is 8.07. The van der Waals surface area contributed by atoms with Crippen LogP contribution in [-0.2, 0) is 7.05 Å². The number of nitrogens with zero attached hydrogens (tertiary/aromatic N) is 3. The van der Waals surface area contributed by atoms with Crippen LogP contribution < -0.4 is 16.8 Å². The van der Waals surface area contributed by atoms with Gasteiger partial charge in [0.25, 0.3) is 11.1 Å². The number of carboxylic acid groups (broad SMARTS) is 1. The molecule has 0 spiro atoms. The van der Waals surface area contributed by atoms with Crippen molar-refractivity contribution in [2.75, 3.05) is 0 Å². The molecule has 2 N–H and O–H groups in total. The molecule has 0 atom stereocenters. The van der Waals surface area contributed by atoms with E-state index in [0.29, 0.717) is 5.69 Å². The number of aryl methyl sites for hydroxylation is 1. The molecule has 0 fully saturated rings. The minimum absolute atomic E-state index is 0.0648. The van der Waals surface area contributed by atoms with Gasteiger partial charge in [0.05, 0.1) is 16.9 Å². The number of benzene rings is 3. The number of carboxylic acids is 1. The number of fused-ring (bicyclic) bond motifs is 1. The highest BCUT2D eigenvalue weighted by Gasteiger charge is 2.26. The lowest BCUT2D eigenvalue weighted by Gasteiger charge is -2.18. The van der Waals surface area contributed by atoms with Gasteiger partial charge in [0, 0.05) is 11.9 Å². The number of carbonyl (C=O) groups is 1. The van der Waals surface area contributed by atoms with Crippen molar-refractivity contribution in [3.8, 4) is 17.1 Å². The van der Waals surface area contributed by atoms with Crippen LogP contribution in [0.2, 0.25) is 0 Å². The molecule has 2 aromatic heterocycles. The fraction of sp³-hybridized carbons (Fsp3) is 0.0370. The minimum atomic E-state index is -1.20. The maximum atomic E-state index is 13.8. The van der Waals surface area contributed by atoms with E-state index in [0.717, 1.165) is 20.9 Å². The predicted octanol–water partition coefficient (Wildman–Crippen LogP) is 3.40. The van der Waals surface area contributed by atoms with Crippen molar-refractivity contribution < 1.29 is 15.0 Å². The molecule has 0 aliphatic rings. The molecule has 0 amide bonds. The van der Waals surface area contributed by atoms with E-state index in [-0.39, 0.29) is 32.1 Å². The summed E-state index contributed by atoms with van der Waals surface area (Å²) in [5, 5.41) is 20.6. The quantitative estimate of drug-likeness (QED) is 0.369. The van der Waals surface area contributed by atoms with E-state index in [1.54, 1.807) is 72.8 Å². The third-order valence-corrected chi connectivity index (χ3v) is 7.01. The molecular formula is C27H19N3O6S. The van der Waals surface area contributed by atoms with Crippen LogP contribution in [0.3, 0.4) is 0 Å². The number of hydrogen-bond donors (Lipinski definition) is 2. The van der Waals surface area contributed by atoms with Crippen LogP contribution in [0.25, 0.3) is 22.4 Å². The number of aromatic nitrogens is 3. The molecule has 37 heavy (non-hydrogen) atoms. The molecule has 0 radical (unpaired) electrons. The van der Waals surface area contributed by atoms with Gasteiger partial charge >= 0.3 is 11.7 Å². The molecule has 0 unspecified atom stereocenters. The summed E-state index contributed by atoms with van der Waals surface area (Å²) >= 11 is 0.741. The van der Waals surface area contributed by atoms with E-state index in [1.807, 2.05) is 0 Å². The molecule has 2 heterocycles. The van der Waals surface area contributed by atoms with Crippen molar-refractivity contribution in [1.82, 2.24) is 13.7 Å². The molecule has 9 nitrogen and oxygen atoms in total. The van der Waals surface area contributed by atoms with Gasteiger partial charge in [0.1, 0.15) is 15.9 Å². The predicted molar refractivity (Wildman–Crippen MR) is 140 cm³/mol. The summed E-state index contributed by atoms with van der Waals surface area (Å²) in [6.45, 7) is 0. The van der Waals surface area contributed by atoms with E-state index in [4.69, 9.17) is 0 Å². The van der Waals surface area contributed by atoms with Gasteiger partial charge in [0.15, 0.2) is 5.75 Å². The summed E-state index contributed by atoms with van der Waals surface area (Å²) in [4.78, 5) is 52.6. The number of aromatic carboxylic acids is 1. The van der Waals surface area contributed by atoms with Crippen LogP contribution in [0, 0.1) is 0 Å². The fourth-order valence-corrected chi connectivity index (χ4v) is 5.19. The second kappa shape index (κ2) is 9.32. The average molecular weight is 514 g/mol. The van der Waals surface area contributed by atoms with Gasteiger partial charge in [-0.2, -0.15) is 0 Å². The third-order valence-electron chi connectivity index (χ3n) is 5.86. The summed E-state index contributed by atoms with van der Waals surface area (Å²) in [7, 11) is 1.39. The van der Waals surface area contributed by atoms with Crippen LogP contribution in [0.15, 0.2) is 109 Å². The number of hydrogen-bond acceptors (Lipinski definition) is 6. The first-order valence-electron chi connectivity index (χ1n) is 11.1. The van der Waals surface area contributed by atoms with Crippen LogP contribution >= 0.6 is 11.8 Å². The lowest BCUT2D eigenvalue weighted by Crippen LogP contribution is -2.40. The zero-order valence-corrected chi connectivity index (χ0v) is 20.2. The first-order chi connectivity index (χ1) is 17.8. The van der Waals surface area contributed by atoms with Gasteiger partial charge in [-0.15, -0.1) is 0 Å². The Kier molecular flexibility index (Phi) is 6.02. The Morgan fingerprint density at radius 1 is 0.757 bits per heavy atom. The molecular weight excluding hydrogens is 494 g/mol. The number of aromatic hydroxyl groups is 1. The van der Waals surface area contributed by atoms with E-state index in [9.17, 15) is 29.4 Å². The van der Waals surface area contributed by atoms with Crippen molar-refractivity contribution in [2.24, 2.45) is 7.05 Å². The lowest BCUT2D eigenvalue weighted by atomic mass is 10.2. The van der Waals surface area contributed by atoms with Crippen molar-refractivity contribution >= 4 is 28.8 Å². The number of rotatable bonds is 5. The average Bonchev–Trinajstić information content (AvgIpc) is 2.91. The van der Waals surface area contributed by atoms with E-state index in [1.165, 1.54) is 23.7 Å². The van der Waals surface area contributed by atoms with Gasteiger partial charge < -0.3 is 10.2 Å². The van der Waals surface area contributed by atoms with Crippen molar-refractivity contribution in [2.45, 2.75) is 9.79 Å². The molecule has 0 aliphatic heterocycles. The lowest BCUT2D eigenvalue weighted by molar-refractivity contribution is 0.0693. The molecule has 10 heteroatoms. The molecule has 0 aliphatic carbocycles. The van der Waals surface area contributed by atoms with Crippen LogP contribution in [0.1, 0.15) is 10.4 Å². The zero-order valence-electron chi connectivity index (χ0n) is 19.4. The van der Waals surface area contributed by atoms with Crippen LogP contribution in [0.5, 0.6) is 5.75 Å². The van der Waals surface area contributed by atoms with Crippen molar-refractivity contribution in [1.29, 1.82) is 0 Å². The van der Waals surface area contributed by atoms with Gasteiger partial charge in [0.2, 0.25) is 0 Å². The Labute approximate surface area is 213 Å². The normalized spacial score (nSPS) is 11.1. The highest BCUT2D eigenvalue weighted by atomic mass is 32.2. The first kappa shape index (κ1) is 23.9. The topological polar surface area (TPSA) is 124 Å². The molecule has 5 rings (SSSR count). The van der Waals surface area contributed by atoms with E-state index in [2.05, 4.69) is 0 Å². The van der Waals surface area contributed by atoms with Crippen molar-refractivity contribution in [3.05, 3.63) is 122 Å². The standard InChI is InChI=1S/C27H19N3O6S/c1-28-23-20(21(31)22(25(28)33)37-19-15-9-8-14-18(19)26(34)35)24(32)30(17-12-6-3-7-13-17)27(36)29(23)16-10-4-2-5-11-16/h2-15,31H,1H3,(H,34,35). The van der Waals surface area contributed by atoms with Gasteiger partial charge in [-0.25, -0.2) is 18.7 Å². The minimum Gasteiger partial charge on any atom is -0.506 e. The van der Waals surface area contributed by atoms with E-state index >= 15 is 0 Å². The summed E-state index contributed by atoms with van der Waals surface area (Å²) in [5.74, 6) is -1.84. The Morgan fingerprint density at radius 3 is 1.89 bits per heavy atom. The number of para-hydroxylation sites is 2. The maximum Gasteiger partial charge on any atom is 0.341 e. The van der Waals surface area contributed by atoms with Gasteiger partial charge in [-0.05, 0) is 36.4 Å². The highest BCUT2D eigenvalue weighted by molar-refractivity contribution is 7.99. The molecule has 3 aromatic carbocycles. The molecule has 0 saturated carbocycles. The SMILES string of the molecule is Cn1c(=O)c(Sc2ccccc2C(=O)O)c(O)c2c(=O)n(-c3ccccc3)c(=O)n(-c3ccccc3)c21. The summed E-state index contributed by atoms with van der Waals surface area (Å²) in [5.41, 5.74) is -1.73. The molecule has 184 valence electrons. The van der Waals surface area contributed by atoms with Crippen LogP contribution in [0.4, 0.5) is 0 Å². The van der Waals surface area contributed by atoms with Gasteiger partial charge in [-0.1, -0.05) is 60.3 Å². The molecule has 0 bridgehead atoms. The first-order valence-corrected chi connectivity index (χ1v) is 11.9. The number of pyridine rings is 1. The molecule has 0 saturated heterocycles. The second-order valence-corrected chi connectivity index (χ2v) is 9.13. The van der Waals surface area contributed by atoms with Crippen molar-refractivity contribution in [3.63, 3.8) is 0 Å². The largest absolute Gasteiger partial charge is 0.506 e. The summed E-state index contributed by atoms with van der Waals surface area (Å²) < 4.78 is 3.25. The Bertz CT molecular complexity index is 1860. The maximum absolute atomic E-state index is 13.8. The highest BCUT2D eigenvalue weighted by Crippen LogP contribution is 2.36. The van der Waals surface area contributed by atoms with E-state index < -0.39 is 28.5 Å².